The number of aromatic nitrogens is 1. The maximum absolute atomic E-state index is 11.6. The summed E-state index contributed by atoms with van der Waals surface area (Å²) in [7, 11) is 0. The average Bonchev–Trinajstić information content (AvgIpc) is 2.74. The van der Waals surface area contributed by atoms with Crippen LogP contribution in [0.5, 0.6) is 0 Å². The second kappa shape index (κ2) is 10.7. The third kappa shape index (κ3) is 6.64. The number of rotatable bonds is 7. The van der Waals surface area contributed by atoms with Crippen LogP contribution in [-0.4, -0.2) is 49.6 Å². The minimum absolute atomic E-state index is 0.0701. The van der Waals surface area contributed by atoms with Gasteiger partial charge in [-0.05, 0) is 42.7 Å². The van der Waals surface area contributed by atoms with Gasteiger partial charge >= 0.3 is 0 Å². The summed E-state index contributed by atoms with van der Waals surface area (Å²) in [4.78, 5) is 22.4. The molecule has 2 aromatic rings. The van der Waals surface area contributed by atoms with E-state index in [1.807, 2.05) is 13.0 Å². The summed E-state index contributed by atoms with van der Waals surface area (Å²) in [5.74, 6) is 0.854. The van der Waals surface area contributed by atoms with Gasteiger partial charge < -0.3 is 20.9 Å². The zero-order valence-corrected chi connectivity index (χ0v) is 17.4. The Bertz CT molecular complexity index is 822. The number of nitrogens with zero attached hydrogens (tertiary/aromatic N) is 3. The number of piperazine rings is 1. The summed E-state index contributed by atoms with van der Waals surface area (Å²) in [6.45, 7) is 6.11. The number of pyridine rings is 1. The number of carbonyl (C=O) groups is 1. The van der Waals surface area contributed by atoms with Crippen LogP contribution in [0.3, 0.4) is 0 Å². The summed E-state index contributed by atoms with van der Waals surface area (Å²) in [6.07, 6.45) is 2.63. The zero-order valence-electron chi connectivity index (χ0n) is 16.6. The molecule has 1 saturated heterocycles. The topological polar surface area (TPSA) is 81.7 Å². The van der Waals surface area contributed by atoms with Gasteiger partial charge in [-0.3, -0.25) is 4.79 Å². The van der Waals surface area contributed by atoms with Crippen LogP contribution in [0, 0.1) is 0 Å². The van der Waals surface area contributed by atoms with Crippen LogP contribution < -0.4 is 20.9 Å². The fraction of sp³-hybridized carbons (Fsp3) is 0.381. The van der Waals surface area contributed by atoms with Gasteiger partial charge in [-0.1, -0.05) is 29.8 Å². The number of guanidine groups is 1. The van der Waals surface area contributed by atoms with Gasteiger partial charge in [0.15, 0.2) is 5.96 Å². The zero-order chi connectivity index (χ0) is 20.5. The molecule has 0 bridgehead atoms. The number of anilines is 1. The Labute approximate surface area is 176 Å². The maximum atomic E-state index is 11.6. The van der Waals surface area contributed by atoms with Gasteiger partial charge in [-0.15, -0.1) is 0 Å². The van der Waals surface area contributed by atoms with Crippen LogP contribution in [0.1, 0.15) is 18.1 Å². The Morgan fingerprint density at radius 1 is 1.21 bits per heavy atom. The Hall–Kier alpha value is -2.80. The molecule has 29 heavy (non-hydrogen) atoms. The van der Waals surface area contributed by atoms with Crippen molar-refractivity contribution in [2.24, 2.45) is 4.99 Å². The van der Waals surface area contributed by atoms with Gasteiger partial charge in [-0.2, -0.15) is 0 Å². The highest BCUT2D eigenvalue weighted by atomic mass is 35.5. The summed E-state index contributed by atoms with van der Waals surface area (Å²) in [6, 6.07) is 12.0. The Balaban J connectivity index is 1.52. The normalized spacial score (nSPS) is 14.5. The van der Waals surface area contributed by atoms with Gasteiger partial charge in [0, 0.05) is 38.1 Å². The van der Waals surface area contributed by atoms with E-state index >= 15 is 0 Å². The van der Waals surface area contributed by atoms with Crippen molar-refractivity contribution in [3.63, 3.8) is 0 Å². The number of benzene rings is 1. The van der Waals surface area contributed by atoms with Gasteiger partial charge in [0.05, 0.1) is 13.1 Å². The van der Waals surface area contributed by atoms with E-state index < -0.39 is 0 Å². The molecule has 154 valence electrons. The number of hydrogen-bond acceptors (Lipinski definition) is 4. The van der Waals surface area contributed by atoms with Crippen molar-refractivity contribution in [2.75, 3.05) is 37.6 Å². The van der Waals surface area contributed by atoms with E-state index in [4.69, 9.17) is 11.6 Å². The molecule has 0 radical (unpaired) electrons. The van der Waals surface area contributed by atoms with E-state index in [1.165, 1.54) is 0 Å². The van der Waals surface area contributed by atoms with Crippen molar-refractivity contribution < 1.29 is 4.79 Å². The Kier molecular flexibility index (Phi) is 7.69. The lowest BCUT2D eigenvalue weighted by Crippen LogP contribution is -2.47. The largest absolute Gasteiger partial charge is 0.360 e. The van der Waals surface area contributed by atoms with E-state index in [0.717, 1.165) is 48.8 Å². The Morgan fingerprint density at radius 2 is 2.00 bits per heavy atom. The summed E-state index contributed by atoms with van der Waals surface area (Å²) >= 11 is 5.82. The van der Waals surface area contributed by atoms with Crippen LogP contribution in [0.4, 0.5) is 5.69 Å². The van der Waals surface area contributed by atoms with E-state index in [1.54, 1.807) is 12.3 Å². The summed E-state index contributed by atoms with van der Waals surface area (Å²) < 4.78 is 0. The van der Waals surface area contributed by atoms with E-state index in [0.29, 0.717) is 24.8 Å². The lowest BCUT2D eigenvalue weighted by Gasteiger charge is -2.28. The first-order valence-corrected chi connectivity index (χ1v) is 10.2. The van der Waals surface area contributed by atoms with E-state index in [-0.39, 0.29) is 5.91 Å². The molecule has 0 saturated carbocycles. The molecule has 7 nitrogen and oxygen atoms in total. The molecule has 3 rings (SSSR count). The molecule has 0 unspecified atom stereocenters. The van der Waals surface area contributed by atoms with Crippen molar-refractivity contribution in [1.29, 1.82) is 0 Å². The predicted molar refractivity (Wildman–Crippen MR) is 117 cm³/mol. The lowest BCUT2D eigenvalue weighted by atomic mass is 10.2. The highest BCUT2D eigenvalue weighted by molar-refractivity contribution is 6.29. The number of aliphatic imine (C=N–C) groups is 1. The fourth-order valence-corrected chi connectivity index (χ4v) is 3.17. The quantitative estimate of drug-likeness (QED) is 0.366. The standard InChI is InChI=1S/C21H27ClN6O/c1-2-23-21(25-10-9-17-5-8-19(22)26-13-17)27-14-16-3-6-18(7-4-16)28-12-11-24-20(29)15-28/h3-8,13H,2,9-12,14-15H2,1H3,(H,24,29)(H2,23,25,27). The van der Waals surface area contributed by atoms with Gasteiger partial charge in [0.1, 0.15) is 5.15 Å². The third-order valence-electron chi connectivity index (χ3n) is 4.60. The van der Waals surface area contributed by atoms with Crippen LogP contribution in [0.25, 0.3) is 0 Å². The minimum Gasteiger partial charge on any atom is -0.360 e. The first-order chi connectivity index (χ1) is 14.1. The predicted octanol–water partition coefficient (Wildman–Crippen LogP) is 1.97. The molecule has 1 aliphatic heterocycles. The fourth-order valence-electron chi connectivity index (χ4n) is 3.06. The van der Waals surface area contributed by atoms with Crippen molar-refractivity contribution in [3.05, 3.63) is 58.9 Å². The van der Waals surface area contributed by atoms with Crippen LogP contribution in [-0.2, 0) is 17.8 Å². The van der Waals surface area contributed by atoms with Gasteiger partial charge in [-0.25, -0.2) is 9.98 Å². The number of hydrogen-bond donors (Lipinski definition) is 3. The molecule has 1 aromatic carbocycles. The molecule has 3 N–H and O–H groups in total. The van der Waals surface area contributed by atoms with E-state index in [9.17, 15) is 4.79 Å². The van der Waals surface area contributed by atoms with Crippen LogP contribution in [0.2, 0.25) is 5.15 Å². The van der Waals surface area contributed by atoms with Crippen LogP contribution >= 0.6 is 11.6 Å². The van der Waals surface area contributed by atoms with Crippen molar-refractivity contribution >= 4 is 29.2 Å². The molecule has 0 spiro atoms. The second-order valence-electron chi connectivity index (χ2n) is 6.80. The molecule has 1 amide bonds. The molecular formula is C21H27ClN6O. The minimum atomic E-state index is 0.0701. The van der Waals surface area contributed by atoms with Crippen molar-refractivity contribution in [3.8, 4) is 0 Å². The van der Waals surface area contributed by atoms with Crippen molar-refractivity contribution in [1.82, 2.24) is 20.9 Å². The molecule has 8 heteroatoms. The Morgan fingerprint density at radius 3 is 2.69 bits per heavy atom. The smallest absolute Gasteiger partial charge is 0.239 e. The highest BCUT2D eigenvalue weighted by Gasteiger charge is 2.16. The van der Waals surface area contributed by atoms with E-state index in [2.05, 4.69) is 55.1 Å². The number of carbonyl (C=O) groups excluding carboxylic acids is 1. The average molecular weight is 415 g/mol. The summed E-state index contributed by atoms with van der Waals surface area (Å²) in [5, 5.41) is 9.96. The van der Waals surface area contributed by atoms with Gasteiger partial charge in [0.2, 0.25) is 5.91 Å². The second-order valence-corrected chi connectivity index (χ2v) is 7.19. The molecular weight excluding hydrogens is 388 g/mol. The number of halogens is 1. The monoisotopic (exact) mass is 414 g/mol. The lowest BCUT2D eigenvalue weighted by molar-refractivity contribution is -0.120. The first kappa shape index (κ1) is 20.9. The molecule has 1 fully saturated rings. The molecule has 1 aliphatic rings. The van der Waals surface area contributed by atoms with Crippen LogP contribution in [0.15, 0.2) is 47.6 Å². The molecule has 2 heterocycles. The highest BCUT2D eigenvalue weighted by Crippen LogP contribution is 2.16. The van der Waals surface area contributed by atoms with Crippen molar-refractivity contribution in [2.45, 2.75) is 19.9 Å². The molecule has 0 atom stereocenters. The number of amides is 1. The SMILES string of the molecule is CCNC(=NCc1ccc(N2CCNC(=O)C2)cc1)NCCc1ccc(Cl)nc1. The maximum Gasteiger partial charge on any atom is 0.239 e. The third-order valence-corrected chi connectivity index (χ3v) is 4.82. The number of nitrogens with one attached hydrogen (secondary N) is 3. The molecule has 0 aliphatic carbocycles. The molecule has 1 aromatic heterocycles. The summed E-state index contributed by atoms with van der Waals surface area (Å²) in [5.41, 5.74) is 3.31. The first-order valence-electron chi connectivity index (χ1n) is 9.87. The van der Waals surface area contributed by atoms with Gasteiger partial charge in [0.25, 0.3) is 0 Å².